The number of allylic oxidation sites excluding steroid dienone is 2. The Bertz CT molecular complexity index is 720. The summed E-state index contributed by atoms with van der Waals surface area (Å²) in [4.78, 5) is 23.0. The van der Waals surface area contributed by atoms with Gasteiger partial charge >= 0.3 is 5.97 Å². The van der Waals surface area contributed by atoms with Gasteiger partial charge in [-0.2, -0.15) is 0 Å². The Hall–Kier alpha value is -1.42. The fourth-order valence-electron chi connectivity index (χ4n) is 7.13. The maximum Gasteiger partial charge on any atom is 0.302 e. The number of carbonyl (C=O) groups is 2. The van der Waals surface area contributed by atoms with Crippen LogP contribution in [-0.2, 0) is 14.3 Å². The molecule has 0 amide bonds. The van der Waals surface area contributed by atoms with Crippen molar-refractivity contribution in [2.24, 2.45) is 28.6 Å². The van der Waals surface area contributed by atoms with Crippen LogP contribution in [0.5, 0.6) is 0 Å². The molecule has 6 atom stereocenters. The van der Waals surface area contributed by atoms with Crippen molar-refractivity contribution in [1.82, 2.24) is 0 Å². The Kier molecular flexibility index (Phi) is 4.61. The van der Waals surface area contributed by atoms with Gasteiger partial charge in [-0.1, -0.05) is 25.0 Å². The lowest BCUT2D eigenvalue weighted by Crippen LogP contribution is -2.55. The quantitative estimate of drug-likeness (QED) is 0.588. The van der Waals surface area contributed by atoms with Crippen molar-refractivity contribution in [2.45, 2.75) is 71.8 Å². The zero-order valence-electron chi connectivity index (χ0n) is 16.8. The van der Waals surface area contributed by atoms with E-state index >= 15 is 0 Å². The van der Waals surface area contributed by atoms with Crippen molar-refractivity contribution >= 4 is 11.8 Å². The summed E-state index contributed by atoms with van der Waals surface area (Å²) in [5.41, 5.74) is 2.62. The second kappa shape index (κ2) is 6.58. The van der Waals surface area contributed by atoms with Crippen LogP contribution in [0.1, 0.15) is 65.7 Å². The van der Waals surface area contributed by atoms with Gasteiger partial charge in [0.15, 0.2) is 5.78 Å². The van der Waals surface area contributed by atoms with Gasteiger partial charge in [-0.25, -0.2) is 0 Å². The second-order valence-corrected chi connectivity index (χ2v) is 9.65. The first-order valence-corrected chi connectivity index (χ1v) is 10.5. The first kappa shape index (κ1) is 18.9. The normalized spacial score (nSPS) is 45.0. The van der Waals surface area contributed by atoms with Gasteiger partial charge in [0.25, 0.3) is 0 Å². The molecule has 1 N–H and O–H groups in total. The van der Waals surface area contributed by atoms with Crippen LogP contribution in [0.15, 0.2) is 23.3 Å². The predicted molar refractivity (Wildman–Crippen MR) is 103 cm³/mol. The third-order valence-electron chi connectivity index (χ3n) is 8.36. The van der Waals surface area contributed by atoms with Gasteiger partial charge in [0.1, 0.15) is 6.61 Å². The molecule has 0 aromatic rings. The molecule has 3 saturated carbocycles. The summed E-state index contributed by atoms with van der Waals surface area (Å²) in [7, 11) is 0. The van der Waals surface area contributed by atoms with Gasteiger partial charge in [0.2, 0.25) is 0 Å². The zero-order valence-corrected chi connectivity index (χ0v) is 16.8. The van der Waals surface area contributed by atoms with Crippen LogP contribution < -0.4 is 0 Å². The Morgan fingerprint density at radius 2 is 2.04 bits per heavy atom. The van der Waals surface area contributed by atoms with Crippen LogP contribution in [0.2, 0.25) is 0 Å². The lowest BCUT2D eigenvalue weighted by molar-refractivity contribution is -0.139. The summed E-state index contributed by atoms with van der Waals surface area (Å²) in [5.74, 6) is 1.35. The highest BCUT2D eigenvalue weighted by Crippen LogP contribution is 2.66. The molecule has 0 aromatic carbocycles. The highest BCUT2D eigenvalue weighted by molar-refractivity contribution is 5.91. The summed E-state index contributed by atoms with van der Waals surface area (Å²) >= 11 is 0. The monoisotopic (exact) mass is 372 g/mol. The molecule has 4 aliphatic carbocycles. The number of esters is 1. The summed E-state index contributed by atoms with van der Waals surface area (Å²) < 4.78 is 5.14. The molecule has 0 radical (unpaired) electrons. The van der Waals surface area contributed by atoms with Crippen LogP contribution in [0.3, 0.4) is 0 Å². The molecule has 0 bridgehead atoms. The predicted octanol–water partition coefficient (Wildman–Crippen LogP) is 3.98. The standard InChI is InChI=1S/C23H32O4/c1-14(24)27-11-9-15-5-7-19-18-6-4-16-12-17(25)8-10-22(16,2)21(18)20(26)13-23(15,19)3/h9,12,18-21,26H,4-8,10-11,13H2,1-3H3/b15-9-/t18-,19-,20-,21+,22-,23+/m0/s1. The average molecular weight is 373 g/mol. The molecule has 0 aliphatic heterocycles. The van der Waals surface area contributed by atoms with Crippen LogP contribution in [0, 0.1) is 28.6 Å². The number of fused-ring (bicyclic) bond motifs is 5. The average Bonchev–Trinajstić information content (AvgIpc) is 2.91. The van der Waals surface area contributed by atoms with Crippen LogP contribution >= 0.6 is 0 Å². The number of ether oxygens (including phenoxy) is 1. The van der Waals surface area contributed by atoms with Gasteiger partial charge in [-0.3, -0.25) is 9.59 Å². The number of aliphatic hydroxyl groups is 1. The molecule has 0 heterocycles. The van der Waals surface area contributed by atoms with Crippen LogP contribution in [0.25, 0.3) is 0 Å². The third kappa shape index (κ3) is 2.91. The summed E-state index contributed by atoms with van der Waals surface area (Å²) in [6.07, 6.45) is 10.2. The van der Waals surface area contributed by atoms with E-state index in [-0.39, 0.29) is 34.6 Å². The second-order valence-electron chi connectivity index (χ2n) is 9.65. The lowest BCUT2D eigenvalue weighted by atomic mass is 9.46. The minimum Gasteiger partial charge on any atom is -0.462 e. The van der Waals surface area contributed by atoms with E-state index in [1.165, 1.54) is 18.1 Å². The summed E-state index contributed by atoms with van der Waals surface area (Å²) in [6, 6.07) is 0. The molecule has 3 fully saturated rings. The van der Waals surface area contributed by atoms with Crippen LogP contribution in [-0.4, -0.2) is 29.6 Å². The Morgan fingerprint density at radius 3 is 2.78 bits per heavy atom. The number of hydrogen-bond acceptors (Lipinski definition) is 4. The molecule has 0 unspecified atom stereocenters. The Balaban J connectivity index is 1.63. The van der Waals surface area contributed by atoms with E-state index in [9.17, 15) is 14.7 Å². The smallest absolute Gasteiger partial charge is 0.302 e. The minimum absolute atomic E-state index is 0.00277. The van der Waals surface area contributed by atoms with E-state index in [0.29, 0.717) is 24.9 Å². The molecule has 4 nitrogen and oxygen atoms in total. The summed E-state index contributed by atoms with van der Waals surface area (Å²) in [5, 5.41) is 11.3. The fraction of sp³-hybridized carbons (Fsp3) is 0.739. The fourth-order valence-corrected chi connectivity index (χ4v) is 7.13. The molecular weight excluding hydrogens is 340 g/mol. The summed E-state index contributed by atoms with van der Waals surface area (Å²) in [6.45, 7) is 6.38. The van der Waals surface area contributed by atoms with Gasteiger partial charge in [0.05, 0.1) is 6.10 Å². The first-order chi connectivity index (χ1) is 12.8. The van der Waals surface area contributed by atoms with Gasteiger partial charge < -0.3 is 9.84 Å². The van der Waals surface area contributed by atoms with E-state index < -0.39 is 0 Å². The van der Waals surface area contributed by atoms with E-state index in [1.54, 1.807) is 0 Å². The van der Waals surface area contributed by atoms with Crippen LogP contribution in [0.4, 0.5) is 0 Å². The van der Waals surface area contributed by atoms with E-state index in [0.717, 1.165) is 38.5 Å². The van der Waals surface area contributed by atoms with E-state index in [4.69, 9.17) is 4.74 Å². The number of hydrogen-bond donors (Lipinski definition) is 1. The third-order valence-corrected chi connectivity index (χ3v) is 8.36. The molecular formula is C23H32O4. The van der Waals surface area contributed by atoms with Gasteiger partial charge in [-0.05, 0) is 79.3 Å². The maximum atomic E-state index is 11.9. The van der Waals surface area contributed by atoms with E-state index in [1.807, 2.05) is 6.08 Å². The Morgan fingerprint density at radius 1 is 1.26 bits per heavy atom. The molecule has 4 heteroatoms. The molecule has 27 heavy (non-hydrogen) atoms. The molecule has 0 saturated heterocycles. The van der Waals surface area contributed by atoms with Gasteiger partial charge in [-0.15, -0.1) is 0 Å². The largest absolute Gasteiger partial charge is 0.462 e. The number of ketones is 1. The van der Waals surface area contributed by atoms with Crippen molar-refractivity contribution in [3.8, 4) is 0 Å². The SMILES string of the molecule is CC(=O)OC/C=C1/CC[C@H]2[C@@H]3CCC4=CC(=O)CC[C@]4(C)[C@H]3[C@@H](O)C[C@]12C. The topological polar surface area (TPSA) is 63.6 Å². The molecule has 148 valence electrons. The zero-order chi connectivity index (χ0) is 19.4. The number of carbonyl (C=O) groups excluding carboxylic acids is 2. The number of aliphatic hydroxyl groups excluding tert-OH is 1. The molecule has 4 rings (SSSR count). The van der Waals surface area contributed by atoms with Crippen molar-refractivity contribution in [2.75, 3.05) is 6.61 Å². The number of rotatable bonds is 2. The van der Waals surface area contributed by atoms with Crippen molar-refractivity contribution in [3.05, 3.63) is 23.3 Å². The minimum atomic E-state index is -0.339. The van der Waals surface area contributed by atoms with Crippen molar-refractivity contribution in [3.63, 3.8) is 0 Å². The van der Waals surface area contributed by atoms with Gasteiger partial charge in [0, 0.05) is 13.3 Å². The Labute approximate surface area is 162 Å². The highest BCUT2D eigenvalue weighted by atomic mass is 16.5. The lowest BCUT2D eigenvalue weighted by Gasteiger charge is -2.59. The maximum absolute atomic E-state index is 11.9. The first-order valence-electron chi connectivity index (χ1n) is 10.5. The highest BCUT2D eigenvalue weighted by Gasteiger charge is 2.60. The molecule has 0 aromatic heterocycles. The molecule has 0 spiro atoms. The molecule has 4 aliphatic rings. The van der Waals surface area contributed by atoms with Crippen molar-refractivity contribution < 1.29 is 19.4 Å². The van der Waals surface area contributed by atoms with E-state index in [2.05, 4.69) is 19.9 Å². The van der Waals surface area contributed by atoms with Crippen molar-refractivity contribution in [1.29, 1.82) is 0 Å².